The number of allylic oxidation sites excluding steroid dienone is 1. The van der Waals surface area contributed by atoms with Crippen molar-refractivity contribution < 1.29 is 9.53 Å². The van der Waals surface area contributed by atoms with Gasteiger partial charge in [-0.1, -0.05) is 56.3 Å². The minimum atomic E-state index is -0.245. The van der Waals surface area contributed by atoms with E-state index in [4.69, 9.17) is 0 Å². The van der Waals surface area contributed by atoms with E-state index < -0.39 is 0 Å². The smallest absolute Gasteiger partial charge is 0.302 e. The van der Waals surface area contributed by atoms with Gasteiger partial charge < -0.3 is 4.74 Å². The summed E-state index contributed by atoms with van der Waals surface area (Å²) in [6.07, 6.45) is 0. The molecule has 0 atom stereocenters. The quantitative estimate of drug-likeness (QED) is 0.673. The molecule has 0 bridgehead atoms. The highest BCUT2D eigenvalue weighted by atomic mass is 16.5. The van der Waals surface area contributed by atoms with Gasteiger partial charge >= 0.3 is 5.97 Å². The lowest BCUT2D eigenvalue weighted by Gasteiger charge is -1.94. The number of ether oxygens (including phenoxy) is 1. The minimum Gasteiger partial charge on any atom is -0.469 e. The third-order valence-corrected chi connectivity index (χ3v) is 1.55. The van der Waals surface area contributed by atoms with Crippen LogP contribution in [0.2, 0.25) is 0 Å². The first kappa shape index (κ1) is 16.8. The molecule has 0 fully saturated rings. The molecule has 0 aromatic heterocycles. The van der Waals surface area contributed by atoms with Crippen molar-refractivity contribution in [1.29, 1.82) is 0 Å². The first-order chi connectivity index (χ1) is 7.57. The maximum absolute atomic E-state index is 9.59. The summed E-state index contributed by atoms with van der Waals surface area (Å²) in [5.41, 5.74) is 2.34. The summed E-state index contributed by atoms with van der Waals surface area (Å²) in [6.45, 7) is 11.2. The summed E-state index contributed by atoms with van der Waals surface area (Å²) in [7, 11) is 1.35. The van der Waals surface area contributed by atoms with E-state index in [2.05, 4.69) is 23.4 Å². The van der Waals surface area contributed by atoms with Crippen molar-refractivity contribution in [1.82, 2.24) is 0 Å². The lowest BCUT2D eigenvalue weighted by Crippen LogP contribution is -1.88. The van der Waals surface area contributed by atoms with Crippen molar-refractivity contribution >= 4 is 11.5 Å². The molecule has 1 aromatic carbocycles. The third kappa shape index (κ3) is 10.5. The summed E-state index contributed by atoms with van der Waals surface area (Å²) in [4.78, 5) is 9.59. The first-order valence-corrected chi connectivity index (χ1v) is 5.33. The average molecular weight is 222 g/mol. The molecule has 0 N–H and O–H groups in total. The molecule has 0 saturated heterocycles. The van der Waals surface area contributed by atoms with Crippen LogP contribution in [0.3, 0.4) is 0 Å². The Balaban J connectivity index is 0. The number of carbonyl (C=O) groups excluding carboxylic acids is 1. The molecule has 0 unspecified atom stereocenters. The highest BCUT2D eigenvalue weighted by molar-refractivity contribution is 5.65. The molecule has 0 aliphatic heterocycles. The minimum absolute atomic E-state index is 0.245. The normalized spacial score (nSPS) is 7.56. The standard InChI is InChI=1S/C9H10.C3H6O2.C2H6/c1-8(2)9-6-4-3-5-7-9;1-3(4)5-2;1-2/h3-7H,1H2,2H3;1-2H3;1-2H3. The second-order valence-electron chi connectivity index (χ2n) is 2.84. The van der Waals surface area contributed by atoms with E-state index in [1.54, 1.807) is 0 Å². The summed E-state index contributed by atoms with van der Waals surface area (Å²) >= 11 is 0. The maximum Gasteiger partial charge on any atom is 0.302 e. The van der Waals surface area contributed by atoms with Crippen LogP contribution >= 0.6 is 0 Å². The SMILES string of the molecule is C=C(C)c1ccccc1.CC.COC(C)=O. The van der Waals surface area contributed by atoms with Gasteiger partial charge in [-0.3, -0.25) is 4.79 Å². The number of hydrogen-bond acceptors (Lipinski definition) is 2. The molecular weight excluding hydrogens is 200 g/mol. The van der Waals surface area contributed by atoms with Gasteiger partial charge in [0.2, 0.25) is 0 Å². The molecule has 0 heterocycles. The van der Waals surface area contributed by atoms with Gasteiger partial charge in [0.15, 0.2) is 0 Å². The predicted molar refractivity (Wildman–Crippen MR) is 70.2 cm³/mol. The van der Waals surface area contributed by atoms with Crippen LogP contribution in [0.25, 0.3) is 5.57 Å². The Labute approximate surface area is 98.9 Å². The van der Waals surface area contributed by atoms with Crippen LogP contribution in [0, 0.1) is 0 Å². The van der Waals surface area contributed by atoms with Gasteiger partial charge in [0.1, 0.15) is 0 Å². The van der Waals surface area contributed by atoms with Gasteiger partial charge in [0, 0.05) is 6.92 Å². The number of carbonyl (C=O) groups is 1. The van der Waals surface area contributed by atoms with Crippen LogP contribution in [-0.4, -0.2) is 13.1 Å². The number of rotatable bonds is 1. The fourth-order valence-electron chi connectivity index (χ4n) is 0.723. The largest absolute Gasteiger partial charge is 0.469 e. The van der Waals surface area contributed by atoms with E-state index in [0.717, 1.165) is 5.57 Å². The summed E-state index contributed by atoms with van der Waals surface area (Å²) in [5, 5.41) is 0. The monoisotopic (exact) mass is 222 g/mol. The first-order valence-electron chi connectivity index (χ1n) is 5.33. The number of methoxy groups -OCH3 is 1. The van der Waals surface area contributed by atoms with Crippen LogP contribution in [0.1, 0.15) is 33.3 Å². The second-order valence-corrected chi connectivity index (χ2v) is 2.84. The molecule has 16 heavy (non-hydrogen) atoms. The van der Waals surface area contributed by atoms with Gasteiger partial charge in [0.25, 0.3) is 0 Å². The number of benzene rings is 1. The summed E-state index contributed by atoms with van der Waals surface area (Å²) in [6, 6.07) is 10.2. The third-order valence-electron chi connectivity index (χ3n) is 1.55. The zero-order valence-electron chi connectivity index (χ0n) is 10.9. The highest BCUT2D eigenvalue weighted by Crippen LogP contribution is 2.08. The molecule has 0 aliphatic carbocycles. The molecule has 0 radical (unpaired) electrons. The molecule has 2 nitrogen and oxygen atoms in total. The number of esters is 1. The van der Waals surface area contributed by atoms with Crippen molar-refractivity contribution in [3.63, 3.8) is 0 Å². The molecular formula is C14H22O2. The van der Waals surface area contributed by atoms with Crippen LogP contribution in [0.4, 0.5) is 0 Å². The van der Waals surface area contributed by atoms with Crippen molar-refractivity contribution in [3.05, 3.63) is 42.5 Å². The predicted octanol–water partition coefficient (Wildman–Crippen LogP) is 3.93. The summed E-state index contributed by atoms with van der Waals surface area (Å²) < 4.78 is 4.11. The Hall–Kier alpha value is -1.57. The van der Waals surface area contributed by atoms with Gasteiger partial charge in [-0.05, 0) is 12.5 Å². The highest BCUT2D eigenvalue weighted by Gasteiger charge is 1.86. The fourth-order valence-corrected chi connectivity index (χ4v) is 0.723. The van der Waals surface area contributed by atoms with E-state index in [1.807, 2.05) is 39.0 Å². The average Bonchev–Trinajstić information content (AvgIpc) is 2.33. The Morgan fingerprint density at radius 2 is 1.50 bits per heavy atom. The lowest BCUT2D eigenvalue weighted by molar-refractivity contribution is -0.137. The van der Waals surface area contributed by atoms with E-state index >= 15 is 0 Å². The van der Waals surface area contributed by atoms with E-state index in [0.29, 0.717) is 0 Å². The van der Waals surface area contributed by atoms with Crippen molar-refractivity contribution in [3.8, 4) is 0 Å². The van der Waals surface area contributed by atoms with Crippen molar-refractivity contribution in [2.24, 2.45) is 0 Å². The molecule has 1 aromatic rings. The van der Waals surface area contributed by atoms with Crippen LogP contribution in [0.5, 0.6) is 0 Å². The molecule has 0 spiro atoms. The Kier molecular flexibility index (Phi) is 12.1. The Morgan fingerprint density at radius 3 is 1.69 bits per heavy atom. The van der Waals surface area contributed by atoms with Crippen molar-refractivity contribution in [2.45, 2.75) is 27.7 Å². The molecule has 90 valence electrons. The second kappa shape index (κ2) is 11.5. The molecule has 0 aliphatic rings. The van der Waals surface area contributed by atoms with Crippen LogP contribution < -0.4 is 0 Å². The van der Waals surface area contributed by atoms with E-state index in [9.17, 15) is 4.79 Å². The van der Waals surface area contributed by atoms with Crippen molar-refractivity contribution in [2.75, 3.05) is 7.11 Å². The molecule has 2 heteroatoms. The number of hydrogen-bond donors (Lipinski definition) is 0. The maximum atomic E-state index is 9.59. The topological polar surface area (TPSA) is 26.3 Å². The summed E-state index contributed by atoms with van der Waals surface area (Å²) in [5.74, 6) is -0.245. The molecule has 0 amide bonds. The fraction of sp³-hybridized carbons (Fsp3) is 0.357. The van der Waals surface area contributed by atoms with E-state index in [-0.39, 0.29) is 5.97 Å². The Bertz CT molecular complexity index is 289. The van der Waals surface area contributed by atoms with Crippen LogP contribution in [-0.2, 0) is 9.53 Å². The lowest BCUT2D eigenvalue weighted by atomic mass is 10.1. The molecule has 0 saturated carbocycles. The molecule has 1 rings (SSSR count). The van der Waals surface area contributed by atoms with Crippen LogP contribution in [0.15, 0.2) is 36.9 Å². The van der Waals surface area contributed by atoms with Gasteiger partial charge in [0.05, 0.1) is 7.11 Å². The Morgan fingerprint density at radius 1 is 1.12 bits per heavy atom. The van der Waals surface area contributed by atoms with Gasteiger partial charge in [-0.25, -0.2) is 0 Å². The van der Waals surface area contributed by atoms with Gasteiger partial charge in [-0.15, -0.1) is 0 Å². The van der Waals surface area contributed by atoms with E-state index in [1.165, 1.54) is 19.6 Å². The zero-order valence-corrected chi connectivity index (χ0v) is 10.9. The van der Waals surface area contributed by atoms with Gasteiger partial charge in [-0.2, -0.15) is 0 Å². The zero-order chi connectivity index (χ0) is 13.0.